The summed E-state index contributed by atoms with van der Waals surface area (Å²) in [7, 11) is 0. The van der Waals surface area contributed by atoms with Crippen molar-refractivity contribution in [3.8, 4) is 0 Å². The van der Waals surface area contributed by atoms with Crippen LogP contribution in [-0.4, -0.2) is 48.8 Å². The largest absolute Gasteiger partial charge is 0.337 e. The highest BCUT2D eigenvalue weighted by Gasteiger charge is 2.40. The van der Waals surface area contributed by atoms with E-state index in [1.807, 2.05) is 42.2 Å². The molecule has 2 aliphatic heterocycles. The molecule has 2 aromatic rings. The topological polar surface area (TPSA) is 81.8 Å². The summed E-state index contributed by atoms with van der Waals surface area (Å²) in [5.74, 6) is -0.146. The normalized spacial score (nSPS) is 21.0. The van der Waals surface area contributed by atoms with Crippen molar-refractivity contribution in [1.82, 2.24) is 10.2 Å². The van der Waals surface area contributed by atoms with Crippen LogP contribution in [0.1, 0.15) is 53.2 Å². The van der Waals surface area contributed by atoms with Crippen molar-refractivity contribution in [3.05, 3.63) is 59.2 Å². The molecule has 5 rings (SSSR count). The molecule has 7 heteroatoms. The third-order valence-electron chi connectivity index (χ3n) is 6.72. The molecule has 33 heavy (non-hydrogen) atoms. The Hall–Kier alpha value is -3.19. The maximum Gasteiger partial charge on any atom is 0.253 e. The molecule has 1 saturated heterocycles. The van der Waals surface area contributed by atoms with E-state index < -0.39 is 0 Å². The summed E-state index contributed by atoms with van der Waals surface area (Å²) in [6, 6.07) is 13.0. The van der Waals surface area contributed by atoms with Gasteiger partial charge in [-0.2, -0.15) is 0 Å². The summed E-state index contributed by atoms with van der Waals surface area (Å²) in [4.78, 5) is 43.2. The molecular formula is C26H30N4O3. The van der Waals surface area contributed by atoms with Gasteiger partial charge in [0.15, 0.2) is 0 Å². The fourth-order valence-corrected chi connectivity index (χ4v) is 4.70. The van der Waals surface area contributed by atoms with Crippen LogP contribution < -0.4 is 15.5 Å². The maximum atomic E-state index is 13.4. The van der Waals surface area contributed by atoms with Gasteiger partial charge in [-0.15, -0.1) is 0 Å². The van der Waals surface area contributed by atoms with Crippen molar-refractivity contribution in [2.75, 3.05) is 36.4 Å². The van der Waals surface area contributed by atoms with Gasteiger partial charge in [-0.1, -0.05) is 29.8 Å². The summed E-state index contributed by atoms with van der Waals surface area (Å²) in [5.41, 5.74) is 3.79. The van der Waals surface area contributed by atoms with Gasteiger partial charge in [-0.25, -0.2) is 0 Å². The van der Waals surface area contributed by atoms with Crippen LogP contribution in [0, 0.1) is 12.8 Å². The van der Waals surface area contributed by atoms with Crippen molar-refractivity contribution in [1.29, 1.82) is 0 Å². The number of anilines is 2. The molecule has 3 aliphatic rings. The Morgan fingerprint density at radius 3 is 2.55 bits per heavy atom. The van der Waals surface area contributed by atoms with Gasteiger partial charge in [-0.3, -0.25) is 14.4 Å². The highest BCUT2D eigenvalue weighted by Crippen LogP contribution is 2.43. The summed E-state index contributed by atoms with van der Waals surface area (Å²) < 4.78 is 0. The molecule has 7 nitrogen and oxygen atoms in total. The number of benzene rings is 2. The number of fused-ring (bicyclic) bond motifs is 1. The molecule has 1 aliphatic carbocycles. The van der Waals surface area contributed by atoms with Gasteiger partial charge in [0.1, 0.15) is 0 Å². The number of carbonyl (C=O) groups excluding carboxylic acids is 3. The molecule has 0 radical (unpaired) electrons. The van der Waals surface area contributed by atoms with Crippen LogP contribution in [0.4, 0.5) is 11.4 Å². The van der Waals surface area contributed by atoms with E-state index >= 15 is 0 Å². The van der Waals surface area contributed by atoms with E-state index in [4.69, 9.17) is 0 Å². The highest BCUT2D eigenvalue weighted by atomic mass is 16.2. The van der Waals surface area contributed by atoms with Crippen molar-refractivity contribution in [3.63, 3.8) is 0 Å². The van der Waals surface area contributed by atoms with E-state index in [1.165, 1.54) is 0 Å². The number of amides is 3. The molecule has 0 aromatic heterocycles. The number of nitrogens with one attached hydrogen (secondary N) is 2. The predicted octanol–water partition coefficient (Wildman–Crippen LogP) is 3.26. The van der Waals surface area contributed by atoms with Crippen LogP contribution in [0.25, 0.3) is 0 Å². The Kier molecular flexibility index (Phi) is 5.89. The lowest BCUT2D eigenvalue weighted by Gasteiger charge is -2.31. The molecule has 1 atom stereocenters. The average Bonchev–Trinajstić information content (AvgIpc) is 3.67. The van der Waals surface area contributed by atoms with E-state index in [9.17, 15) is 14.4 Å². The molecule has 1 saturated carbocycles. The minimum atomic E-state index is -0.377. The first-order valence-electron chi connectivity index (χ1n) is 11.8. The van der Waals surface area contributed by atoms with Crippen LogP contribution in [0.5, 0.6) is 0 Å². The lowest BCUT2D eigenvalue weighted by atomic mass is 9.99. The number of carbonyl (C=O) groups is 3. The van der Waals surface area contributed by atoms with Crippen LogP contribution >= 0.6 is 0 Å². The minimum absolute atomic E-state index is 0.00455. The second kappa shape index (κ2) is 8.98. The lowest BCUT2D eigenvalue weighted by molar-refractivity contribution is -0.120. The molecule has 3 amide bonds. The third-order valence-corrected chi connectivity index (χ3v) is 6.72. The Morgan fingerprint density at radius 1 is 1.00 bits per heavy atom. The first-order chi connectivity index (χ1) is 16.0. The first-order valence-corrected chi connectivity index (χ1v) is 11.8. The molecule has 0 bridgehead atoms. The van der Waals surface area contributed by atoms with Gasteiger partial charge < -0.3 is 20.4 Å². The summed E-state index contributed by atoms with van der Waals surface area (Å²) in [5, 5.41) is 6.28. The van der Waals surface area contributed by atoms with Gasteiger partial charge in [0.25, 0.3) is 5.91 Å². The van der Waals surface area contributed by atoms with Crippen LogP contribution in [0.15, 0.2) is 42.5 Å². The summed E-state index contributed by atoms with van der Waals surface area (Å²) in [6.07, 6.45) is 2.85. The molecular weight excluding hydrogens is 416 g/mol. The van der Waals surface area contributed by atoms with E-state index in [2.05, 4.69) is 10.6 Å². The zero-order chi connectivity index (χ0) is 22.9. The van der Waals surface area contributed by atoms with E-state index in [0.29, 0.717) is 30.0 Å². The average molecular weight is 447 g/mol. The zero-order valence-electron chi connectivity index (χ0n) is 19.0. The van der Waals surface area contributed by atoms with Gasteiger partial charge >= 0.3 is 0 Å². The van der Waals surface area contributed by atoms with E-state index in [1.54, 1.807) is 17.0 Å². The third kappa shape index (κ3) is 4.50. The van der Waals surface area contributed by atoms with E-state index in [-0.39, 0.29) is 36.1 Å². The Balaban J connectivity index is 1.53. The quantitative estimate of drug-likeness (QED) is 0.758. The first kappa shape index (κ1) is 21.6. The van der Waals surface area contributed by atoms with E-state index in [0.717, 1.165) is 43.5 Å². The monoisotopic (exact) mass is 446 g/mol. The molecule has 1 unspecified atom stereocenters. The van der Waals surface area contributed by atoms with Crippen LogP contribution in [-0.2, 0) is 9.59 Å². The van der Waals surface area contributed by atoms with Gasteiger partial charge in [0.05, 0.1) is 23.8 Å². The molecule has 2 N–H and O–H groups in total. The number of aryl methyl sites for hydroxylation is 1. The SMILES string of the molecule is Cc1ccc(C2CC(=O)Nc3cc(C(=O)N4CCCNCC4)ccc3N2C(=O)C2CC2)cc1. The number of hydrogen-bond donors (Lipinski definition) is 2. The fourth-order valence-electron chi connectivity index (χ4n) is 4.70. The number of nitrogens with zero attached hydrogens (tertiary/aromatic N) is 2. The fraction of sp³-hybridized carbons (Fsp3) is 0.423. The molecule has 172 valence electrons. The number of rotatable bonds is 3. The van der Waals surface area contributed by atoms with Crippen LogP contribution in [0.2, 0.25) is 0 Å². The zero-order valence-corrected chi connectivity index (χ0v) is 19.0. The Morgan fingerprint density at radius 2 is 1.79 bits per heavy atom. The molecule has 2 fully saturated rings. The minimum Gasteiger partial charge on any atom is -0.337 e. The Labute approximate surface area is 194 Å². The highest BCUT2D eigenvalue weighted by molar-refractivity contribution is 6.07. The van der Waals surface area contributed by atoms with Gasteiger partial charge in [0, 0.05) is 31.1 Å². The maximum absolute atomic E-state index is 13.4. The molecule has 2 heterocycles. The van der Waals surface area contributed by atoms with Gasteiger partial charge in [0.2, 0.25) is 11.8 Å². The second-order valence-corrected chi connectivity index (χ2v) is 9.29. The predicted molar refractivity (Wildman–Crippen MR) is 127 cm³/mol. The van der Waals surface area contributed by atoms with Crippen molar-refractivity contribution >= 4 is 29.1 Å². The van der Waals surface area contributed by atoms with Gasteiger partial charge in [-0.05, 0) is 56.5 Å². The van der Waals surface area contributed by atoms with Crippen molar-refractivity contribution in [2.24, 2.45) is 5.92 Å². The number of hydrogen-bond acceptors (Lipinski definition) is 4. The van der Waals surface area contributed by atoms with Crippen molar-refractivity contribution < 1.29 is 14.4 Å². The van der Waals surface area contributed by atoms with Crippen LogP contribution in [0.3, 0.4) is 0 Å². The Bertz CT molecular complexity index is 1070. The summed E-state index contributed by atoms with van der Waals surface area (Å²) in [6.45, 7) is 5.06. The van der Waals surface area contributed by atoms with Crippen molar-refractivity contribution in [2.45, 2.75) is 38.6 Å². The second-order valence-electron chi connectivity index (χ2n) is 9.29. The standard InChI is InChI=1S/C26H30N4O3/c1-17-3-5-18(6-4-17)23-16-24(31)28-21-15-20(25(32)29-13-2-11-27-12-14-29)9-10-22(21)30(23)26(33)19-7-8-19/h3-6,9-10,15,19,23,27H,2,7-8,11-14,16H2,1H3,(H,28,31). The molecule has 0 spiro atoms. The molecule has 2 aromatic carbocycles. The lowest BCUT2D eigenvalue weighted by Crippen LogP contribution is -2.36. The summed E-state index contributed by atoms with van der Waals surface area (Å²) >= 11 is 0. The smallest absolute Gasteiger partial charge is 0.253 e.